The Labute approximate surface area is 172 Å². The molecule has 3 rings (SSSR count). The summed E-state index contributed by atoms with van der Waals surface area (Å²) >= 11 is 3.31. The number of hydrogen-bond donors (Lipinski definition) is 2. The average molecular weight is 469 g/mol. The Kier molecular flexibility index (Phi) is 6.58. The number of hydrogen-bond acceptors (Lipinski definition) is 5. The number of carbonyl (C=O) groups is 1. The number of halogens is 1. The van der Waals surface area contributed by atoms with Crippen LogP contribution in [0.1, 0.15) is 19.3 Å². The zero-order valence-corrected chi connectivity index (χ0v) is 17.7. The number of methoxy groups -OCH3 is 1. The molecule has 7 nitrogen and oxygen atoms in total. The van der Waals surface area contributed by atoms with Gasteiger partial charge < -0.3 is 14.8 Å². The Hall–Kier alpha value is -2.10. The highest BCUT2D eigenvalue weighted by molar-refractivity contribution is 9.10. The van der Waals surface area contributed by atoms with E-state index in [0.29, 0.717) is 18.0 Å². The van der Waals surface area contributed by atoms with E-state index in [1.165, 1.54) is 19.2 Å². The maximum absolute atomic E-state index is 12.8. The van der Waals surface area contributed by atoms with Gasteiger partial charge >= 0.3 is 0 Å². The van der Waals surface area contributed by atoms with Gasteiger partial charge in [-0.15, -0.1) is 0 Å². The van der Waals surface area contributed by atoms with Gasteiger partial charge in [0.2, 0.25) is 5.91 Å². The number of nitrogens with one attached hydrogen (secondary N) is 2. The number of anilines is 2. The molecule has 1 atom stereocenters. The lowest BCUT2D eigenvalue weighted by atomic mass is 10.2. The van der Waals surface area contributed by atoms with Gasteiger partial charge in [-0.05, 0) is 55.3 Å². The molecule has 0 saturated carbocycles. The average Bonchev–Trinajstić information content (AvgIpc) is 3.16. The number of sulfonamides is 1. The molecule has 28 heavy (non-hydrogen) atoms. The summed E-state index contributed by atoms with van der Waals surface area (Å²) in [5.41, 5.74) is 0.790. The van der Waals surface area contributed by atoms with Crippen LogP contribution in [0.2, 0.25) is 0 Å². The van der Waals surface area contributed by atoms with Crippen molar-refractivity contribution in [2.45, 2.75) is 30.3 Å². The molecule has 0 aliphatic carbocycles. The normalized spacial score (nSPS) is 16.6. The summed E-state index contributed by atoms with van der Waals surface area (Å²) < 4.78 is 39.7. The fraction of sp³-hybridized carbons (Fsp3) is 0.316. The summed E-state index contributed by atoms with van der Waals surface area (Å²) in [4.78, 5) is 12.2. The van der Waals surface area contributed by atoms with Crippen molar-refractivity contribution in [1.29, 1.82) is 0 Å². The lowest BCUT2D eigenvalue weighted by Crippen LogP contribution is -2.20. The van der Waals surface area contributed by atoms with E-state index in [0.717, 1.165) is 17.3 Å². The van der Waals surface area contributed by atoms with Crippen molar-refractivity contribution in [2.75, 3.05) is 23.8 Å². The molecule has 1 unspecified atom stereocenters. The van der Waals surface area contributed by atoms with Crippen LogP contribution in [-0.4, -0.2) is 34.1 Å². The highest BCUT2D eigenvalue weighted by Gasteiger charge is 2.22. The second-order valence-electron chi connectivity index (χ2n) is 6.37. The molecule has 150 valence electrons. The largest absolute Gasteiger partial charge is 0.495 e. The minimum atomic E-state index is -3.92. The first-order chi connectivity index (χ1) is 13.4. The van der Waals surface area contributed by atoms with Gasteiger partial charge in [-0.2, -0.15) is 0 Å². The molecule has 2 aromatic rings. The minimum Gasteiger partial charge on any atom is -0.495 e. The van der Waals surface area contributed by atoms with Gasteiger partial charge in [0.1, 0.15) is 10.6 Å². The summed E-state index contributed by atoms with van der Waals surface area (Å²) in [5, 5.41) is 2.73. The Morgan fingerprint density at radius 3 is 2.57 bits per heavy atom. The molecule has 9 heteroatoms. The second kappa shape index (κ2) is 8.93. The summed E-state index contributed by atoms with van der Waals surface area (Å²) in [5.74, 6) is -0.0389. The molecule has 1 saturated heterocycles. The predicted octanol–water partition coefficient (Wildman–Crippen LogP) is 3.77. The highest BCUT2D eigenvalue weighted by atomic mass is 79.9. The molecule has 1 heterocycles. The van der Waals surface area contributed by atoms with E-state index >= 15 is 0 Å². The Morgan fingerprint density at radius 1 is 1.21 bits per heavy atom. The lowest BCUT2D eigenvalue weighted by molar-refractivity contribution is -0.118. The Morgan fingerprint density at radius 2 is 1.93 bits per heavy atom. The third-order valence-electron chi connectivity index (χ3n) is 4.27. The first-order valence-corrected chi connectivity index (χ1v) is 11.0. The van der Waals surface area contributed by atoms with Crippen molar-refractivity contribution in [3.8, 4) is 5.75 Å². The fourth-order valence-corrected chi connectivity index (χ4v) is 4.44. The van der Waals surface area contributed by atoms with E-state index in [2.05, 4.69) is 26.0 Å². The molecule has 0 bridgehead atoms. The number of rotatable bonds is 7. The van der Waals surface area contributed by atoms with Gasteiger partial charge in [-0.1, -0.05) is 15.9 Å². The Bertz CT molecular complexity index is 941. The van der Waals surface area contributed by atoms with Crippen molar-refractivity contribution in [2.24, 2.45) is 0 Å². The number of carbonyl (C=O) groups excluding carboxylic acids is 1. The van der Waals surface area contributed by atoms with Gasteiger partial charge in [-0.25, -0.2) is 8.42 Å². The van der Waals surface area contributed by atoms with Crippen LogP contribution >= 0.6 is 15.9 Å². The van der Waals surface area contributed by atoms with Crippen molar-refractivity contribution < 1.29 is 22.7 Å². The number of ether oxygens (including phenoxy) is 2. The quantitative estimate of drug-likeness (QED) is 0.644. The monoisotopic (exact) mass is 468 g/mol. The van der Waals surface area contributed by atoms with E-state index < -0.39 is 10.0 Å². The van der Waals surface area contributed by atoms with Gasteiger partial charge in [0.25, 0.3) is 10.0 Å². The number of benzene rings is 2. The minimum absolute atomic E-state index is 0.0622. The van der Waals surface area contributed by atoms with Crippen LogP contribution in [0.15, 0.2) is 51.8 Å². The van der Waals surface area contributed by atoms with Crippen molar-refractivity contribution in [3.63, 3.8) is 0 Å². The van der Waals surface area contributed by atoms with Gasteiger partial charge in [0, 0.05) is 22.5 Å². The van der Waals surface area contributed by atoms with Crippen molar-refractivity contribution >= 4 is 43.2 Å². The molecular weight excluding hydrogens is 448 g/mol. The molecular formula is C19H21BrN2O5S. The van der Waals surface area contributed by atoms with Crippen molar-refractivity contribution in [1.82, 2.24) is 0 Å². The maximum atomic E-state index is 12.8. The van der Waals surface area contributed by atoms with Gasteiger partial charge in [0.05, 0.1) is 19.6 Å². The molecule has 0 radical (unpaired) electrons. The number of amides is 1. The molecule has 1 aliphatic rings. The van der Waals surface area contributed by atoms with Crippen LogP contribution < -0.4 is 14.8 Å². The fourth-order valence-electron chi connectivity index (χ4n) is 2.92. The van der Waals surface area contributed by atoms with Crippen LogP contribution in [-0.2, 0) is 19.6 Å². The van der Waals surface area contributed by atoms with Crippen LogP contribution in [0.3, 0.4) is 0 Å². The van der Waals surface area contributed by atoms with Crippen LogP contribution in [0.4, 0.5) is 11.4 Å². The zero-order valence-electron chi connectivity index (χ0n) is 15.3. The highest BCUT2D eigenvalue weighted by Crippen LogP contribution is 2.29. The van der Waals surface area contributed by atoms with E-state index in [1.54, 1.807) is 30.3 Å². The summed E-state index contributed by atoms with van der Waals surface area (Å²) in [6.07, 6.45) is 1.96. The van der Waals surface area contributed by atoms with Gasteiger partial charge in [0.15, 0.2) is 0 Å². The van der Waals surface area contributed by atoms with Gasteiger partial charge in [-0.3, -0.25) is 9.52 Å². The molecule has 0 aromatic heterocycles. The topological polar surface area (TPSA) is 93.7 Å². The standard InChI is InChI=1S/C19H21BrN2O5S/c1-26-17-9-8-15(21-19(23)12-16-3-2-10-27-16)11-18(17)28(24,25)22-14-6-4-13(20)5-7-14/h4-9,11,16,22H,2-3,10,12H2,1H3,(H,21,23). The van der Waals surface area contributed by atoms with Crippen LogP contribution in [0.25, 0.3) is 0 Å². The maximum Gasteiger partial charge on any atom is 0.265 e. The zero-order chi connectivity index (χ0) is 20.1. The molecule has 1 amide bonds. The molecule has 0 spiro atoms. The SMILES string of the molecule is COc1ccc(NC(=O)CC2CCCO2)cc1S(=O)(=O)Nc1ccc(Br)cc1. The molecule has 2 aromatic carbocycles. The van der Waals surface area contributed by atoms with E-state index in [1.807, 2.05) is 0 Å². The van der Waals surface area contributed by atoms with Crippen LogP contribution in [0, 0.1) is 0 Å². The predicted molar refractivity (Wildman–Crippen MR) is 110 cm³/mol. The summed E-state index contributed by atoms with van der Waals surface area (Å²) in [6, 6.07) is 11.2. The van der Waals surface area contributed by atoms with E-state index in [-0.39, 0.29) is 29.1 Å². The van der Waals surface area contributed by atoms with E-state index in [9.17, 15) is 13.2 Å². The third-order valence-corrected chi connectivity index (χ3v) is 6.20. The third kappa shape index (κ3) is 5.24. The van der Waals surface area contributed by atoms with Crippen molar-refractivity contribution in [3.05, 3.63) is 46.9 Å². The van der Waals surface area contributed by atoms with E-state index in [4.69, 9.17) is 9.47 Å². The smallest absolute Gasteiger partial charge is 0.265 e. The molecule has 2 N–H and O–H groups in total. The first kappa shape index (κ1) is 20.6. The van der Waals surface area contributed by atoms with Crippen LogP contribution in [0.5, 0.6) is 5.75 Å². The Balaban J connectivity index is 1.79. The molecule has 1 fully saturated rings. The molecule has 1 aliphatic heterocycles. The summed E-state index contributed by atoms with van der Waals surface area (Å²) in [7, 11) is -2.52. The second-order valence-corrected chi connectivity index (χ2v) is 8.93. The first-order valence-electron chi connectivity index (χ1n) is 8.75. The lowest BCUT2D eigenvalue weighted by Gasteiger charge is -2.14. The summed E-state index contributed by atoms with van der Waals surface area (Å²) in [6.45, 7) is 0.671.